The van der Waals surface area contributed by atoms with E-state index >= 15 is 0 Å². The second-order valence-electron chi connectivity index (χ2n) is 12.9. The van der Waals surface area contributed by atoms with Gasteiger partial charge in [0.2, 0.25) is 0 Å². The summed E-state index contributed by atoms with van der Waals surface area (Å²) in [5, 5.41) is 42.9. The van der Waals surface area contributed by atoms with Crippen molar-refractivity contribution in [3.8, 4) is 0 Å². The zero-order chi connectivity index (χ0) is 32.2. The highest BCUT2D eigenvalue weighted by atomic mass is 32.2. The molecule has 14 heteroatoms. The lowest BCUT2D eigenvalue weighted by atomic mass is 9.84. The smallest absolute Gasteiger partial charge is 0.186 e. The fraction of sp³-hybridized carbons (Fsp3) is 1.00. The highest BCUT2D eigenvalue weighted by Crippen LogP contribution is 2.31. The van der Waals surface area contributed by atoms with Crippen LogP contribution in [0.5, 0.6) is 0 Å². The number of nitrogens with two attached hydrogens (primary N) is 5. The molecular weight excluding hydrogens is 590 g/mol. The molecule has 1 saturated carbocycles. The Morgan fingerprint density at radius 3 is 1.80 bits per heavy atom. The van der Waals surface area contributed by atoms with Crippen LogP contribution in [0.4, 0.5) is 0 Å². The zero-order valence-corrected chi connectivity index (χ0v) is 27.2. The number of hydrogen-bond donors (Lipinski definition) is 9. The van der Waals surface area contributed by atoms with Crippen LogP contribution >= 0.6 is 11.8 Å². The minimum absolute atomic E-state index is 0.0748. The van der Waals surface area contributed by atoms with E-state index in [4.69, 9.17) is 47.6 Å². The van der Waals surface area contributed by atoms with Gasteiger partial charge in [-0.25, -0.2) is 0 Å². The standard InChI is InChI=1S/C30H61N5O8S/c1-2-3-4-5-6-7-8-9-10-11-12-44-16-22-24(37)23(35)25(38)30(41-22)43-28-18(33)13-17(32)27(26(28)39)42-29-19(34)14-20(36)21(15-31)40-29/h17-30,36-39H,2-16,31-35H2,1H3/t17-,18+,19+,20-,21+,22+,23-,24+,25+,26-,27+,28-,29-,30+/m0/s1. The predicted molar refractivity (Wildman–Crippen MR) is 170 cm³/mol. The molecule has 13 nitrogen and oxygen atoms in total. The summed E-state index contributed by atoms with van der Waals surface area (Å²) < 4.78 is 23.9. The Hall–Kier alpha value is -0.170. The van der Waals surface area contributed by atoms with Crippen LogP contribution in [-0.4, -0.2) is 124 Å². The van der Waals surface area contributed by atoms with Gasteiger partial charge in [-0.05, 0) is 25.0 Å². The monoisotopic (exact) mass is 651 g/mol. The third-order valence-corrected chi connectivity index (χ3v) is 10.3. The maximum absolute atomic E-state index is 11.3. The van der Waals surface area contributed by atoms with Crippen LogP contribution in [0.25, 0.3) is 0 Å². The Kier molecular flexibility index (Phi) is 17.1. The molecule has 3 fully saturated rings. The first-order valence-electron chi connectivity index (χ1n) is 16.7. The van der Waals surface area contributed by atoms with Gasteiger partial charge in [-0.15, -0.1) is 0 Å². The molecule has 1 aliphatic carbocycles. The average Bonchev–Trinajstić information content (AvgIpc) is 2.99. The van der Waals surface area contributed by atoms with Crippen LogP contribution in [0, 0.1) is 0 Å². The molecule has 0 aromatic heterocycles. The predicted octanol–water partition coefficient (Wildman–Crippen LogP) is -0.634. The van der Waals surface area contributed by atoms with Gasteiger partial charge in [0.15, 0.2) is 12.6 Å². The number of aliphatic hydroxyl groups is 4. The van der Waals surface area contributed by atoms with E-state index in [-0.39, 0.29) is 19.4 Å². The van der Waals surface area contributed by atoms with Crippen molar-refractivity contribution in [2.75, 3.05) is 18.1 Å². The highest BCUT2D eigenvalue weighted by Gasteiger charge is 2.50. The van der Waals surface area contributed by atoms with Gasteiger partial charge in [-0.1, -0.05) is 64.7 Å². The molecule has 2 heterocycles. The molecule has 14 N–H and O–H groups in total. The van der Waals surface area contributed by atoms with E-state index in [9.17, 15) is 20.4 Å². The van der Waals surface area contributed by atoms with E-state index < -0.39 is 85.6 Å². The summed E-state index contributed by atoms with van der Waals surface area (Å²) in [6, 6.07) is -3.02. The molecule has 14 atom stereocenters. The molecule has 2 aliphatic heterocycles. The molecular formula is C30H61N5O8S. The van der Waals surface area contributed by atoms with Crippen LogP contribution < -0.4 is 28.7 Å². The first kappa shape index (κ1) is 38.3. The summed E-state index contributed by atoms with van der Waals surface area (Å²) >= 11 is 1.67. The molecule has 0 bridgehead atoms. The van der Waals surface area contributed by atoms with Gasteiger partial charge in [-0.2, -0.15) is 11.8 Å². The Balaban J connectivity index is 1.47. The van der Waals surface area contributed by atoms with Crippen molar-refractivity contribution in [2.45, 2.75) is 170 Å². The molecule has 260 valence electrons. The SMILES string of the molecule is CCCCCCCCCCCCSC[C@H]1O[C@H](O[C@@H]2[C@@H](O)[C@H](O[C@@H]3O[C@H](CN)[C@@H](O)C[C@H]3N)[C@@H](N)C[C@H]2N)[C@H](O)[C@@H](N)[C@@H]1O. The number of ether oxygens (including phenoxy) is 4. The largest absolute Gasteiger partial charge is 0.390 e. The lowest BCUT2D eigenvalue weighted by Gasteiger charge is -2.48. The molecule has 2 saturated heterocycles. The Morgan fingerprint density at radius 1 is 0.659 bits per heavy atom. The molecule has 3 rings (SSSR count). The fourth-order valence-corrected chi connectivity index (χ4v) is 7.39. The summed E-state index contributed by atoms with van der Waals surface area (Å²) in [6.07, 6.45) is 3.13. The summed E-state index contributed by atoms with van der Waals surface area (Å²) in [5.41, 5.74) is 30.7. The van der Waals surface area contributed by atoms with E-state index in [1.807, 2.05) is 0 Å². The maximum atomic E-state index is 11.3. The molecule has 44 heavy (non-hydrogen) atoms. The molecule has 0 spiro atoms. The van der Waals surface area contributed by atoms with Crippen molar-refractivity contribution < 1.29 is 39.4 Å². The molecule has 0 unspecified atom stereocenters. The fourth-order valence-electron chi connectivity index (χ4n) is 6.31. The lowest BCUT2D eigenvalue weighted by Crippen LogP contribution is -2.68. The molecule has 0 radical (unpaired) electrons. The number of hydrogen-bond acceptors (Lipinski definition) is 14. The third kappa shape index (κ3) is 10.9. The number of unbranched alkanes of at least 4 members (excludes halogenated alkanes) is 9. The molecule has 0 amide bonds. The van der Waals surface area contributed by atoms with Crippen LogP contribution in [0.1, 0.15) is 84.0 Å². The first-order chi connectivity index (χ1) is 21.1. The van der Waals surface area contributed by atoms with Gasteiger partial charge in [0.1, 0.15) is 24.4 Å². The van der Waals surface area contributed by atoms with Gasteiger partial charge in [0.25, 0.3) is 0 Å². The van der Waals surface area contributed by atoms with Gasteiger partial charge in [0.05, 0.1) is 36.5 Å². The number of aliphatic hydroxyl groups excluding tert-OH is 4. The van der Waals surface area contributed by atoms with Crippen molar-refractivity contribution >= 4 is 11.8 Å². The lowest BCUT2D eigenvalue weighted by molar-refractivity contribution is -0.309. The Labute approximate surface area is 267 Å². The van der Waals surface area contributed by atoms with Gasteiger partial charge in [0, 0.05) is 24.4 Å². The Morgan fingerprint density at radius 2 is 1.20 bits per heavy atom. The van der Waals surface area contributed by atoms with Crippen LogP contribution in [-0.2, 0) is 18.9 Å². The summed E-state index contributed by atoms with van der Waals surface area (Å²) in [6.45, 7) is 2.31. The van der Waals surface area contributed by atoms with E-state index in [0.29, 0.717) is 5.75 Å². The van der Waals surface area contributed by atoms with Gasteiger partial charge >= 0.3 is 0 Å². The average molecular weight is 652 g/mol. The zero-order valence-electron chi connectivity index (χ0n) is 26.4. The summed E-state index contributed by atoms with van der Waals surface area (Å²) in [7, 11) is 0. The number of thioether (sulfide) groups is 1. The third-order valence-electron chi connectivity index (χ3n) is 9.16. The normalized spacial score (nSPS) is 41.6. The van der Waals surface area contributed by atoms with E-state index in [1.165, 1.54) is 57.8 Å². The van der Waals surface area contributed by atoms with Crippen molar-refractivity contribution in [3.63, 3.8) is 0 Å². The quantitative estimate of drug-likeness (QED) is 0.0837. The Bertz CT molecular complexity index is 796. The molecule has 3 aliphatic rings. The van der Waals surface area contributed by atoms with Crippen molar-refractivity contribution in [1.29, 1.82) is 0 Å². The van der Waals surface area contributed by atoms with Gasteiger partial charge in [-0.3, -0.25) is 0 Å². The van der Waals surface area contributed by atoms with E-state index in [2.05, 4.69) is 6.92 Å². The molecule has 0 aromatic carbocycles. The summed E-state index contributed by atoms with van der Waals surface area (Å²) in [4.78, 5) is 0. The van der Waals surface area contributed by atoms with E-state index in [1.54, 1.807) is 11.8 Å². The van der Waals surface area contributed by atoms with Crippen molar-refractivity contribution in [1.82, 2.24) is 0 Å². The minimum Gasteiger partial charge on any atom is -0.390 e. The maximum Gasteiger partial charge on any atom is 0.186 e. The van der Waals surface area contributed by atoms with Crippen LogP contribution in [0.2, 0.25) is 0 Å². The van der Waals surface area contributed by atoms with Gasteiger partial charge < -0.3 is 68.0 Å². The van der Waals surface area contributed by atoms with E-state index in [0.717, 1.165) is 12.2 Å². The molecule has 0 aromatic rings. The second kappa shape index (κ2) is 19.6. The highest BCUT2D eigenvalue weighted by molar-refractivity contribution is 7.99. The topological polar surface area (TPSA) is 248 Å². The second-order valence-corrected chi connectivity index (χ2v) is 14.0. The van der Waals surface area contributed by atoms with Crippen LogP contribution in [0.15, 0.2) is 0 Å². The first-order valence-corrected chi connectivity index (χ1v) is 17.9. The minimum atomic E-state index is -1.34. The summed E-state index contributed by atoms with van der Waals surface area (Å²) in [5.74, 6) is 1.42. The van der Waals surface area contributed by atoms with Crippen molar-refractivity contribution in [3.05, 3.63) is 0 Å². The van der Waals surface area contributed by atoms with Crippen LogP contribution in [0.3, 0.4) is 0 Å². The number of rotatable bonds is 18. The van der Waals surface area contributed by atoms with Crippen molar-refractivity contribution in [2.24, 2.45) is 28.7 Å².